The lowest BCUT2D eigenvalue weighted by Gasteiger charge is -2.10. The summed E-state index contributed by atoms with van der Waals surface area (Å²) < 4.78 is 65.5. The summed E-state index contributed by atoms with van der Waals surface area (Å²) in [5, 5.41) is 0. The number of aryl methyl sites for hydroxylation is 1. The lowest BCUT2D eigenvalue weighted by molar-refractivity contribution is -0.141. The molecule has 0 aromatic carbocycles. The fraction of sp³-hybridized carbons (Fsp3) is 0.571. The maximum Gasteiger partial charge on any atom is 0.433 e. The van der Waals surface area contributed by atoms with Crippen molar-refractivity contribution in [2.75, 3.05) is 0 Å². The molecule has 2 aromatic heterocycles. The van der Waals surface area contributed by atoms with Crippen LogP contribution in [0, 0.1) is 12.8 Å². The molecular weight excluding hydrogens is 305 g/mol. The van der Waals surface area contributed by atoms with Crippen LogP contribution in [0.4, 0.5) is 22.0 Å². The molecule has 0 N–H and O–H groups in total. The van der Waals surface area contributed by atoms with E-state index in [9.17, 15) is 22.0 Å². The van der Waals surface area contributed by atoms with Crippen molar-refractivity contribution in [1.29, 1.82) is 0 Å². The van der Waals surface area contributed by atoms with Crippen LogP contribution in [0.5, 0.6) is 0 Å². The molecule has 2 aromatic rings. The number of nitrogens with zero attached hydrogens (tertiary/aromatic N) is 3. The molecule has 0 saturated heterocycles. The van der Waals surface area contributed by atoms with Crippen LogP contribution in [-0.4, -0.2) is 21.0 Å². The molecule has 8 heteroatoms. The molecule has 3 nitrogen and oxygen atoms in total. The van der Waals surface area contributed by atoms with E-state index in [-0.39, 0.29) is 16.7 Å². The lowest BCUT2D eigenvalue weighted by Crippen LogP contribution is -2.12. The summed E-state index contributed by atoms with van der Waals surface area (Å²) in [7, 11) is 0. The molecule has 120 valence electrons. The third-order valence-electron chi connectivity index (χ3n) is 3.77. The van der Waals surface area contributed by atoms with Crippen LogP contribution >= 0.6 is 0 Å². The quantitative estimate of drug-likeness (QED) is 0.798. The summed E-state index contributed by atoms with van der Waals surface area (Å²) in [6.45, 7) is 0.761. The summed E-state index contributed by atoms with van der Waals surface area (Å²) in [4.78, 5) is 7.78. The summed E-state index contributed by atoms with van der Waals surface area (Å²) >= 11 is 0. The average Bonchev–Trinajstić information content (AvgIpc) is 3.13. The number of fused-ring (bicyclic) bond motifs is 1. The molecule has 0 spiro atoms. The van der Waals surface area contributed by atoms with Crippen molar-refractivity contribution in [3.05, 3.63) is 23.3 Å². The normalized spacial score (nSPS) is 16.0. The average molecular weight is 319 g/mol. The highest BCUT2D eigenvalue weighted by molar-refractivity contribution is 5.78. The monoisotopic (exact) mass is 319 g/mol. The maximum absolute atomic E-state index is 12.9. The second kappa shape index (κ2) is 5.17. The zero-order chi connectivity index (χ0) is 16.1. The smallest absolute Gasteiger partial charge is 0.322 e. The Morgan fingerprint density at radius 3 is 2.50 bits per heavy atom. The Bertz CT molecular complexity index is 701. The molecule has 0 amide bonds. The molecule has 0 unspecified atom stereocenters. The number of pyridine rings is 1. The minimum absolute atomic E-state index is 0.0794. The fourth-order valence-electron chi connectivity index (χ4n) is 2.54. The Kier molecular flexibility index (Phi) is 3.57. The van der Waals surface area contributed by atoms with Crippen molar-refractivity contribution >= 4 is 11.0 Å². The van der Waals surface area contributed by atoms with Gasteiger partial charge in [0, 0.05) is 6.42 Å². The predicted octanol–water partition coefficient (Wildman–Crippen LogP) is 3.98. The van der Waals surface area contributed by atoms with Crippen LogP contribution < -0.4 is 0 Å². The first-order chi connectivity index (χ1) is 10.3. The molecule has 2 heterocycles. The Hall–Kier alpha value is -1.73. The Labute approximate surface area is 123 Å². The first-order valence-electron chi connectivity index (χ1n) is 6.98. The van der Waals surface area contributed by atoms with Crippen molar-refractivity contribution in [2.24, 2.45) is 5.92 Å². The SMILES string of the molecule is Cc1nc(C(F)(F)F)cc2c1nc(CC1CC1)n2CC(F)F. The molecule has 0 atom stereocenters. The van der Waals surface area contributed by atoms with E-state index in [1.807, 2.05) is 0 Å². The number of hydrogen-bond donors (Lipinski definition) is 0. The number of halogens is 5. The number of imidazole rings is 1. The van der Waals surface area contributed by atoms with Gasteiger partial charge in [0.1, 0.15) is 17.0 Å². The van der Waals surface area contributed by atoms with Gasteiger partial charge in [-0.05, 0) is 31.7 Å². The number of aromatic nitrogens is 3. The van der Waals surface area contributed by atoms with E-state index in [1.54, 1.807) is 0 Å². The van der Waals surface area contributed by atoms with Gasteiger partial charge in [-0.1, -0.05) is 0 Å². The van der Waals surface area contributed by atoms with Crippen LogP contribution in [0.3, 0.4) is 0 Å². The number of alkyl halides is 5. The van der Waals surface area contributed by atoms with Gasteiger partial charge in [0.25, 0.3) is 6.43 Å². The highest BCUT2D eigenvalue weighted by Gasteiger charge is 2.34. The van der Waals surface area contributed by atoms with Crippen molar-refractivity contribution < 1.29 is 22.0 Å². The second-order valence-electron chi connectivity index (χ2n) is 5.64. The first-order valence-corrected chi connectivity index (χ1v) is 6.98. The summed E-state index contributed by atoms with van der Waals surface area (Å²) in [6.07, 6.45) is -4.75. The molecule has 0 radical (unpaired) electrons. The molecule has 22 heavy (non-hydrogen) atoms. The zero-order valence-electron chi connectivity index (χ0n) is 11.8. The van der Waals surface area contributed by atoms with Gasteiger partial charge >= 0.3 is 6.18 Å². The molecule has 0 bridgehead atoms. The minimum Gasteiger partial charge on any atom is -0.322 e. The van der Waals surface area contributed by atoms with Crippen LogP contribution in [-0.2, 0) is 19.1 Å². The van der Waals surface area contributed by atoms with Crippen molar-refractivity contribution in [2.45, 2.75) is 45.3 Å². The van der Waals surface area contributed by atoms with Crippen molar-refractivity contribution in [3.8, 4) is 0 Å². The van der Waals surface area contributed by atoms with E-state index in [0.717, 1.165) is 18.9 Å². The van der Waals surface area contributed by atoms with Gasteiger partial charge in [-0.25, -0.2) is 18.7 Å². The first kappa shape index (κ1) is 15.2. The van der Waals surface area contributed by atoms with Crippen LogP contribution in [0.2, 0.25) is 0 Å². The summed E-state index contributed by atoms with van der Waals surface area (Å²) in [6, 6.07) is 0.814. The van der Waals surface area contributed by atoms with Gasteiger partial charge < -0.3 is 4.57 Å². The summed E-state index contributed by atoms with van der Waals surface area (Å²) in [5.74, 6) is 0.811. The number of hydrogen-bond acceptors (Lipinski definition) is 2. The molecule has 1 aliphatic rings. The van der Waals surface area contributed by atoms with E-state index in [2.05, 4.69) is 9.97 Å². The minimum atomic E-state index is -4.62. The number of rotatable bonds is 4. The van der Waals surface area contributed by atoms with Gasteiger partial charge in [-0.3, -0.25) is 0 Å². The third-order valence-corrected chi connectivity index (χ3v) is 3.77. The van der Waals surface area contributed by atoms with Gasteiger partial charge in [0.15, 0.2) is 0 Å². The maximum atomic E-state index is 12.9. The fourth-order valence-corrected chi connectivity index (χ4v) is 2.54. The van der Waals surface area contributed by atoms with Crippen LogP contribution in [0.15, 0.2) is 6.07 Å². The predicted molar refractivity (Wildman–Crippen MR) is 69.7 cm³/mol. The largest absolute Gasteiger partial charge is 0.433 e. The molecule has 1 fully saturated rings. The summed E-state index contributed by atoms with van der Waals surface area (Å²) in [5.41, 5.74) is -0.624. The molecule has 1 saturated carbocycles. The lowest BCUT2D eigenvalue weighted by atomic mass is 10.2. The Balaban J connectivity index is 2.16. The topological polar surface area (TPSA) is 30.7 Å². The van der Waals surface area contributed by atoms with Crippen molar-refractivity contribution in [1.82, 2.24) is 14.5 Å². The molecule has 3 rings (SSSR count). The Morgan fingerprint density at radius 2 is 1.95 bits per heavy atom. The highest BCUT2D eigenvalue weighted by Crippen LogP contribution is 2.35. The third kappa shape index (κ3) is 2.91. The molecular formula is C14H14F5N3. The van der Waals surface area contributed by atoms with E-state index < -0.39 is 24.8 Å². The van der Waals surface area contributed by atoms with Gasteiger partial charge in [0.2, 0.25) is 0 Å². The molecule has 0 aliphatic heterocycles. The van der Waals surface area contributed by atoms with Gasteiger partial charge in [-0.2, -0.15) is 13.2 Å². The van der Waals surface area contributed by atoms with Gasteiger partial charge in [-0.15, -0.1) is 0 Å². The van der Waals surface area contributed by atoms with E-state index in [0.29, 0.717) is 18.2 Å². The highest BCUT2D eigenvalue weighted by atomic mass is 19.4. The Morgan fingerprint density at radius 1 is 1.27 bits per heavy atom. The van der Waals surface area contributed by atoms with Gasteiger partial charge in [0.05, 0.1) is 17.8 Å². The van der Waals surface area contributed by atoms with Crippen LogP contribution in [0.25, 0.3) is 11.0 Å². The van der Waals surface area contributed by atoms with E-state index >= 15 is 0 Å². The zero-order valence-corrected chi connectivity index (χ0v) is 11.8. The van der Waals surface area contributed by atoms with Crippen molar-refractivity contribution in [3.63, 3.8) is 0 Å². The standard InChI is InChI=1S/C14H14F5N3/c1-7-13-9(5-10(20-7)14(17,18)19)22(6-11(15)16)12(21-13)4-8-2-3-8/h5,8,11H,2-4,6H2,1H3. The van der Waals surface area contributed by atoms with E-state index in [1.165, 1.54) is 11.5 Å². The second-order valence-corrected chi connectivity index (χ2v) is 5.64. The van der Waals surface area contributed by atoms with Crippen LogP contribution in [0.1, 0.15) is 30.1 Å². The van der Waals surface area contributed by atoms with E-state index in [4.69, 9.17) is 0 Å². The molecule has 1 aliphatic carbocycles.